The van der Waals surface area contributed by atoms with Gasteiger partial charge in [-0.25, -0.2) is 4.39 Å². The van der Waals surface area contributed by atoms with E-state index in [0.29, 0.717) is 11.3 Å². The lowest BCUT2D eigenvalue weighted by atomic mass is 9.86. The topological polar surface area (TPSA) is 57.7 Å². The van der Waals surface area contributed by atoms with Crippen molar-refractivity contribution in [3.05, 3.63) is 96.7 Å². The lowest BCUT2D eigenvalue weighted by Gasteiger charge is -2.49. The summed E-state index contributed by atoms with van der Waals surface area (Å²) in [5.41, 5.74) is 1.69. The van der Waals surface area contributed by atoms with E-state index < -0.39 is 35.6 Å². The van der Waals surface area contributed by atoms with Crippen LogP contribution >= 0.6 is 46.4 Å². The molecular formula is C24H13Cl4FN2O3. The van der Waals surface area contributed by atoms with E-state index in [-0.39, 0.29) is 31.2 Å². The van der Waals surface area contributed by atoms with Crippen molar-refractivity contribution in [2.75, 3.05) is 4.90 Å². The molecule has 3 aromatic rings. The Balaban J connectivity index is 1.63. The SMILES string of the molecule is Cc1ccc(N2C(=O)C(N3C(=O)c4c(Cl)c(Cl)c(Cl)c(Cl)c4C3=O)C2c2ccc(F)cc2)cc1. The molecule has 2 heterocycles. The number of rotatable bonds is 3. The third-order valence-corrected chi connectivity index (χ3v) is 7.80. The van der Waals surface area contributed by atoms with Crippen LogP contribution < -0.4 is 4.90 Å². The summed E-state index contributed by atoms with van der Waals surface area (Å²) in [6.07, 6.45) is 0. The Morgan fingerprint density at radius 2 is 1.18 bits per heavy atom. The van der Waals surface area contributed by atoms with E-state index in [1.165, 1.54) is 29.2 Å². The van der Waals surface area contributed by atoms with Gasteiger partial charge in [0.2, 0.25) is 0 Å². The molecule has 172 valence electrons. The predicted octanol–water partition coefficient (Wildman–Crippen LogP) is 6.50. The summed E-state index contributed by atoms with van der Waals surface area (Å²) in [5, 5.41) is -0.752. The van der Waals surface area contributed by atoms with Crippen molar-refractivity contribution in [3.63, 3.8) is 0 Å². The molecule has 5 nitrogen and oxygen atoms in total. The summed E-state index contributed by atoms with van der Waals surface area (Å²) in [4.78, 5) is 42.5. The molecular weight excluding hydrogens is 525 g/mol. The summed E-state index contributed by atoms with van der Waals surface area (Å²) in [5.74, 6) is -2.56. The number of aryl methyl sites for hydroxylation is 1. The summed E-state index contributed by atoms with van der Waals surface area (Å²) >= 11 is 24.7. The van der Waals surface area contributed by atoms with Gasteiger partial charge in [-0.2, -0.15) is 0 Å². The number of hydrogen-bond acceptors (Lipinski definition) is 3. The highest BCUT2D eigenvalue weighted by molar-refractivity contribution is 6.55. The standard InChI is InChI=1S/C24H13Cl4FN2O3/c1-10-2-8-13(9-3-10)30-20(11-4-6-12(29)7-5-11)21(24(30)34)31-22(32)14-15(23(31)33)17(26)19(28)18(27)16(14)25/h2-9,20-21H,1H3. The van der Waals surface area contributed by atoms with E-state index in [0.717, 1.165) is 10.5 Å². The number of halogens is 5. The van der Waals surface area contributed by atoms with Crippen molar-refractivity contribution in [3.8, 4) is 0 Å². The first kappa shape index (κ1) is 23.1. The molecule has 2 atom stereocenters. The quantitative estimate of drug-likeness (QED) is 0.166. The molecule has 1 saturated heterocycles. The first-order chi connectivity index (χ1) is 16.1. The molecule has 0 bridgehead atoms. The van der Waals surface area contributed by atoms with Gasteiger partial charge in [-0.1, -0.05) is 76.2 Å². The molecule has 0 N–H and O–H groups in total. The number of anilines is 1. The van der Waals surface area contributed by atoms with E-state index in [1.807, 2.05) is 19.1 Å². The molecule has 34 heavy (non-hydrogen) atoms. The van der Waals surface area contributed by atoms with Gasteiger partial charge < -0.3 is 4.90 Å². The van der Waals surface area contributed by atoms with Crippen LogP contribution in [0.2, 0.25) is 20.1 Å². The number of imide groups is 1. The van der Waals surface area contributed by atoms with Gasteiger partial charge in [0.25, 0.3) is 17.7 Å². The van der Waals surface area contributed by atoms with E-state index >= 15 is 0 Å². The maximum Gasteiger partial charge on any atom is 0.264 e. The van der Waals surface area contributed by atoms with Gasteiger partial charge >= 0.3 is 0 Å². The van der Waals surface area contributed by atoms with Crippen LogP contribution in [0.4, 0.5) is 10.1 Å². The van der Waals surface area contributed by atoms with Gasteiger partial charge in [0.05, 0.1) is 37.3 Å². The molecule has 2 aliphatic rings. The monoisotopic (exact) mass is 536 g/mol. The fourth-order valence-corrected chi connectivity index (χ4v) is 5.34. The Morgan fingerprint density at radius 3 is 1.68 bits per heavy atom. The van der Waals surface area contributed by atoms with Crippen molar-refractivity contribution >= 4 is 69.8 Å². The molecule has 0 aliphatic carbocycles. The van der Waals surface area contributed by atoms with Crippen LogP contribution in [-0.2, 0) is 4.79 Å². The summed E-state index contributed by atoms with van der Waals surface area (Å²) in [7, 11) is 0. The lowest BCUT2D eigenvalue weighted by molar-refractivity contribution is -0.130. The maximum absolute atomic E-state index is 13.6. The molecule has 3 amide bonds. The van der Waals surface area contributed by atoms with Crippen molar-refractivity contribution in [2.45, 2.75) is 19.0 Å². The zero-order valence-corrected chi connectivity index (χ0v) is 20.3. The highest BCUT2D eigenvalue weighted by Gasteiger charge is 2.58. The normalized spacial score (nSPS) is 19.5. The molecule has 10 heteroatoms. The van der Waals surface area contributed by atoms with Gasteiger partial charge in [-0.3, -0.25) is 19.3 Å². The number of β-lactam (4-membered cyclic amide) rings is 1. The maximum atomic E-state index is 13.6. The van der Waals surface area contributed by atoms with Crippen molar-refractivity contribution < 1.29 is 18.8 Å². The van der Waals surface area contributed by atoms with Gasteiger partial charge in [0.15, 0.2) is 0 Å². The van der Waals surface area contributed by atoms with Crippen molar-refractivity contribution in [1.82, 2.24) is 4.90 Å². The van der Waals surface area contributed by atoms with Crippen LogP contribution in [0.5, 0.6) is 0 Å². The summed E-state index contributed by atoms with van der Waals surface area (Å²) in [6.45, 7) is 1.91. The molecule has 2 unspecified atom stereocenters. The van der Waals surface area contributed by atoms with Gasteiger partial charge in [0, 0.05) is 5.69 Å². The third kappa shape index (κ3) is 3.24. The summed E-state index contributed by atoms with van der Waals surface area (Å²) < 4.78 is 13.6. The second-order valence-electron chi connectivity index (χ2n) is 7.97. The zero-order chi connectivity index (χ0) is 24.5. The zero-order valence-electron chi connectivity index (χ0n) is 17.3. The summed E-state index contributed by atoms with van der Waals surface area (Å²) in [6, 6.07) is 10.7. The van der Waals surface area contributed by atoms with Crippen LogP contribution in [-0.4, -0.2) is 28.7 Å². The van der Waals surface area contributed by atoms with Crippen molar-refractivity contribution in [1.29, 1.82) is 0 Å². The molecule has 3 aromatic carbocycles. The second kappa shape index (κ2) is 8.24. The Morgan fingerprint density at radius 1 is 0.676 bits per heavy atom. The van der Waals surface area contributed by atoms with Gasteiger partial charge in [-0.15, -0.1) is 0 Å². The predicted molar refractivity (Wildman–Crippen MR) is 129 cm³/mol. The minimum atomic E-state index is -1.20. The van der Waals surface area contributed by atoms with Crippen LogP contribution in [0.3, 0.4) is 0 Å². The Hall–Kier alpha value is -2.64. The minimum Gasteiger partial charge on any atom is -0.300 e. The van der Waals surface area contributed by atoms with Gasteiger partial charge in [0.1, 0.15) is 11.9 Å². The molecule has 5 rings (SSSR count). The highest BCUT2D eigenvalue weighted by Crippen LogP contribution is 2.49. The number of nitrogens with zero attached hydrogens (tertiary/aromatic N) is 2. The van der Waals surface area contributed by atoms with E-state index in [1.54, 1.807) is 12.1 Å². The van der Waals surface area contributed by atoms with Crippen molar-refractivity contribution in [2.24, 2.45) is 0 Å². The smallest absolute Gasteiger partial charge is 0.264 e. The Kier molecular flexibility index (Phi) is 5.60. The minimum absolute atomic E-state index is 0.161. The van der Waals surface area contributed by atoms with Crippen LogP contribution in [0.25, 0.3) is 0 Å². The number of carbonyl (C=O) groups is 3. The van der Waals surface area contributed by atoms with E-state index in [2.05, 4.69) is 0 Å². The average Bonchev–Trinajstić information content (AvgIpc) is 3.07. The average molecular weight is 538 g/mol. The first-order valence-corrected chi connectivity index (χ1v) is 11.5. The molecule has 0 saturated carbocycles. The third-order valence-electron chi connectivity index (χ3n) is 6.00. The number of amides is 3. The van der Waals surface area contributed by atoms with Gasteiger partial charge in [-0.05, 0) is 36.8 Å². The molecule has 0 aromatic heterocycles. The van der Waals surface area contributed by atoms with E-state index in [4.69, 9.17) is 46.4 Å². The number of carbonyl (C=O) groups excluding carboxylic acids is 3. The Bertz CT molecular complexity index is 1350. The fraction of sp³-hybridized carbons (Fsp3) is 0.125. The second-order valence-corrected chi connectivity index (χ2v) is 9.48. The largest absolute Gasteiger partial charge is 0.300 e. The lowest BCUT2D eigenvalue weighted by Crippen LogP contribution is -2.67. The fourth-order valence-electron chi connectivity index (χ4n) is 4.33. The number of hydrogen-bond donors (Lipinski definition) is 0. The van der Waals surface area contributed by atoms with Crippen LogP contribution in [0.15, 0.2) is 48.5 Å². The van der Waals surface area contributed by atoms with E-state index in [9.17, 15) is 18.8 Å². The molecule has 1 fully saturated rings. The first-order valence-electron chi connectivity index (χ1n) is 10.0. The number of benzene rings is 3. The molecule has 2 aliphatic heterocycles. The van der Waals surface area contributed by atoms with Crippen LogP contribution in [0, 0.1) is 12.7 Å². The number of fused-ring (bicyclic) bond motifs is 1. The highest BCUT2D eigenvalue weighted by atomic mass is 35.5. The molecule has 0 spiro atoms. The molecule has 0 radical (unpaired) electrons. The Labute approximate surface area is 213 Å². The van der Waals surface area contributed by atoms with Crippen LogP contribution in [0.1, 0.15) is 37.9 Å².